The number of hydrogen-bond acceptors (Lipinski definition) is 4. The molecule has 1 heterocycles. The van der Waals surface area contributed by atoms with Gasteiger partial charge in [-0.1, -0.05) is 65.8 Å². The van der Waals surface area contributed by atoms with Crippen molar-refractivity contribution in [2.24, 2.45) is 11.3 Å². The van der Waals surface area contributed by atoms with Crippen molar-refractivity contribution in [3.8, 4) is 0 Å². The average Bonchev–Trinajstić information content (AvgIpc) is 3.07. The number of hydrogen-bond donors (Lipinski definition) is 1. The van der Waals surface area contributed by atoms with E-state index < -0.39 is 0 Å². The van der Waals surface area contributed by atoms with E-state index >= 15 is 0 Å². The molecule has 2 aromatic rings. The van der Waals surface area contributed by atoms with Crippen LogP contribution in [0.5, 0.6) is 0 Å². The molecule has 0 radical (unpaired) electrons. The van der Waals surface area contributed by atoms with E-state index in [9.17, 15) is 9.59 Å². The average molecular weight is 454 g/mol. The Morgan fingerprint density at radius 3 is 2.31 bits per heavy atom. The summed E-state index contributed by atoms with van der Waals surface area (Å²) in [5.74, 6) is -0.0755. The van der Waals surface area contributed by atoms with Crippen molar-refractivity contribution in [2.45, 2.75) is 66.2 Å². The Morgan fingerprint density at radius 1 is 1.09 bits per heavy atom. The van der Waals surface area contributed by atoms with Gasteiger partial charge in [-0.2, -0.15) is 0 Å². The largest absolute Gasteiger partial charge is 0.465 e. The molecule has 0 fully saturated rings. The highest BCUT2D eigenvalue weighted by Gasteiger charge is 2.34. The van der Waals surface area contributed by atoms with Crippen LogP contribution in [0.15, 0.2) is 30.3 Å². The minimum Gasteiger partial charge on any atom is -0.465 e. The summed E-state index contributed by atoms with van der Waals surface area (Å²) in [6.07, 6.45) is 6.12. The number of thiophene rings is 1. The fourth-order valence-electron chi connectivity index (χ4n) is 4.15. The van der Waals surface area contributed by atoms with Gasteiger partial charge in [0.05, 0.1) is 12.7 Å². The number of benzene rings is 1. The maximum Gasteiger partial charge on any atom is 0.341 e. The summed E-state index contributed by atoms with van der Waals surface area (Å²) in [7, 11) is 1.39. The van der Waals surface area contributed by atoms with Gasteiger partial charge in [-0.25, -0.2) is 4.79 Å². The molecule has 1 unspecified atom stereocenters. The molecule has 0 saturated heterocycles. The third-order valence-electron chi connectivity index (χ3n) is 6.32. The van der Waals surface area contributed by atoms with Crippen molar-refractivity contribution in [1.82, 2.24) is 0 Å². The van der Waals surface area contributed by atoms with Crippen LogP contribution in [0.3, 0.4) is 0 Å². The van der Waals surface area contributed by atoms with E-state index in [1.807, 2.05) is 12.1 Å². The smallest absolute Gasteiger partial charge is 0.341 e. The topological polar surface area (TPSA) is 55.4 Å². The summed E-state index contributed by atoms with van der Waals surface area (Å²) >= 11 is 1.51. The molecule has 0 aliphatic heterocycles. The number of amides is 1. The van der Waals surface area contributed by atoms with Gasteiger partial charge < -0.3 is 10.1 Å². The number of carbonyl (C=O) groups excluding carboxylic acids is 2. The first-order valence-electron chi connectivity index (χ1n) is 11.2. The molecule has 1 aliphatic rings. The number of anilines is 1. The Labute approximate surface area is 196 Å². The summed E-state index contributed by atoms with van der Waals surface area (Å²) in [6, 6.07) is 8.21. The molecule has 172 valence electrons. The summed E-state index contributed by atoms with van der Waals surface area (Å²) < 4.78 is 5.04. The predicted molar refractivity (Wildman–Crippen MR) is 133 cm³/mol. The lowest BCUT2D eigenvalue weighted by Crippen LogP contribution is -2.26. The minimum absolute atomic E-state index is 0.0915. The fraction of sp³-hybridized carbons (Fsp3) is 0.481. The van der Waals surface area contributed by atoms with E-state index in [0.29, 0.717) is 16.5 Å². The molecule has 1 aromatic carbocycles. The van der Waals surface area contributed by atoms with Crippen molar-refractivity contribution >= 4 is 34.3 Å². The predicted octanol–water partition coefficient (Wildman–Crippen LogP) is 6.64. The first-order valence-corrected chi connectivity index (χ1v) is 12.0. The van der Waals surface area contributed by atoms with Gasteiger partial charge in [-0.3, -0.25) is 4.79 Å². The van der Waals surface area contributed by atoms with E-state index in [1.54, 1.807) is 6.08 Å². The zero-order valence-corrected chi connectivity index (χ0v) is 21.1. The van der Waals surface area contributed by atoms with Crippen molar-refractivity contribution in [2.75, 3.05) is 12.4 Å². The summed E-state index contributed by atoms with van der Waals surface area (Å²) in [5.41, 5.74) is 4.07. The molecule has 32 heavy (non-hydrogen) atoms. The number of rotatable bonds is 4. The van der Waals surface area contributed by atoms with E-state index in [0.717, 1.165) is 30.4 Å². The lowest BCUT2D eigenvalue weighted by Gasteiger charge is -2.33. The second-order valence-electron chi connectivity index (χ2n) is 10.7. The lowest BCUT2D eigenvalue weighted by molar-refractivity contribution is -0.111. The molecular weight excluding hydrogens is 418 g/mol. The highest BCUT2D eigenvalue weighted by atomic mass is 32.1. The summed E-state index contributed by atoms with van der Waals surface area (Å²) in [6.45, 7) is 13.3. The molecule has 0 bridgehead atoms. The standard InChI is InChI=1S/C27H35NO3S/c1-26(2,3)18-11-8-17(9-12-18)10-15-22(29)28-24-23(25(30)31-7)20-14-13-19(27(4,5)6)16-21(20)32-24/h8-12,15,19H,13-14,16H2,1-7H3,(H,28,29)/b15-10+. The highest BCUT2D eigenvalue weighted by Crippen LogP contribution is 2.44. The van der Waals surface area contributed by atoms with Gasteiger partial charge in [-0.05, 0) is 58.8 Å². The molecule has 0 saturated carbocycles. The van der Waals surface area contributed by atoms with Crippen LogP contribution in [0.4, 0.5) is 5.00 Å². The zero-order valence-electron chi connectivity index (χ0n) is 20.3. The zero-order chi connectivity index (χ0) is 23.7. The molecule has 0 spiro atoms. The molecule has 3 rings (SSSR count). The number of methoxy groups -OCH3 is 1. The molecule has 5 heteroatoms. The van der Waals surface area contributed by atoms with E-state index in [4.69, 9.17) is 4.74 Å². The summed E-state index contributed by atoms with van der Waals surface area (Å²) in [5, 5.41) is 3.53. The second-order valence-corrected chi connectivity index (χ2v) is 11.8. The monoisotopic (exact) mass is 453 g/mol. The molecular formula is C27H35NO3S. The number of ether oxygens (including phenoxy) is 1. The normalized spacial score (nSPS) is 16.7. The quantitative estimate of drug-likeness (QED) is 0.417. The van der Waals surface area contributed by atoms with Crippen LogP contribution in [0.25, 0.3) is 6.08 Å². The maximum atomic E-state index is 12.7. The van der Waals surface area contributed by atoms with Crippen LogP contribution in [0, 0.1) is 11.3 Å². The maximum absolute atomic E-state index is 12.7. The van der Waals surface area contributed by atoms with E-state index in [-0.39, 0.29) is 22.7 Å². The van der Waals surface area contributed by atoms with E-state index in [1.165, 1.54) is 35.0 Å². The van der Waals surface area contributed by atoms with Crippen LogP contribution >= 0.6 is 11.3 Å². The Balaban J connectivity index is 1.79. The molecule has 1 aromatic heterocycles. The first kappa shape index (κ1) is 24.2. The number of esters is 1. The molecule has 1 aliphatic carbocycles. The van der Waals surface area contributed by atoms with Crippen LogP contribution in [-0.4, -0.2) is 19.0 Å². The van der Waals surface area contributed by atoms with Crippen LogP contribution in [0.2, 0.25) is 0 Å². The Hall–Kier alpha value is -2.40. The van der Waals surface area contributed by atoms with Gasteiger partial charge in [-0.15, -0.1) is 11.3 Å². The highest BCUT2D eigenvalue weighted by molar-refractivity contribution is 7.17. The number of fused-ring (bicyclic) bond motifs is 1. The molecule has 1 atom stereocenters. The SMILES string of the molecule is COC(=O)c1c(NC(=O)/C=C/c2ccc(C(C)(C)C)cc2)sc2c1CCC(C(C)(C)C)C2. The third kappa shape index (κ3) is 5.50. The Kier molecular flexibility index (Phi) is 6.99. The van der Waals surface area contributed by atoms with Crippen molar-refractivity contribution < 1.29 is 14.3 Å². The van der Waals surface area contributed by atoms with Crippen LogP contribution in [0.1, 0.15) is 79.9 Å². The third-order valence-corrected chi connectivity index (χ3v) is 7.49. The molecule has 1 N–H and O–H groups in total. The lowest BCUT2D eigenvalue weighted by atomic mass is 9.72. The van der Waals surface area contributed by atoms with Gasteiger partial charge in [0.2, 0.25) is 5.91 Å². The summed E-state index contributed by atoms with van der Waals surface area (Å²) in [4.78, 5) is 26.4. The van der Waals surface area contributed by atoms with Gasteiger partial charge >= 0.3 is 5.97 Å². The van der Waals surface area contributed by atoms with Crippen molar-refractivity contribution in [1.29, 1.82) is 0 Å². The van der Waals surface area contributed by atoms with E-state index in [2.05, 4.69) is 59.0 Å². The van der Waals surface area contributed by atoms with Gasteiger partial charge in [0.25, 0.3) is 0 Å². The number of nitrogens with one attached hydrogen (secondary N) is 1. The van der Waals surface area contributed by atoms with Crippen molar-refractivity contribution in [3.63, 3.8) is 0 Å². The second kappa shape index (κ2) is 9.22. The van der Waals surface area contributed by atoms with Crippen LogP contribution < -0.4 is 5.32 Å². The van der Waals surface area contributed by atoms with Gasteiger partial charge in [0.15, 0.2) is 0 Å². The number of carbonyl (C=O) groups is 2. The minimum atomic E-state index is -0.381. The van der Waals surface area contributed by atoms with Crippen molar-refractivity contribution in [3.05, 3.63) is 57.5 Å². The van der Waals surface area contributed by atoms with Gasteiger partial charge in [0, 0.05) is 11.0 Å². The Morgan fingerprint density at radius 2 is 1.75 bits per heavy atom. The first-order chi connectivity index (χ1) is 14.9. The molecule has 4 nitrogen and oxygen atoms in total. The fourth-order valence-corrected chi connectivity index (χ4v) is 5.47. The Bertz CT molecular complexity index is 1020. The molecule has 1 amide bonds. The van der Waals surface area contributed by atoms with Crippen LogP contribution in [-0.2, 0) is 27.8 Å². The van der Waals surface area contributed by atoms with Gasteiger partial charge in [0.1, 0.15) is 5.00 Å².